The quantitative estimate of drug-likeness (QED) is 0.235. The molecule has 9 nitrogen and oxygen atoms in total. The van der Waals surface area contributed by atoms with E-state index < -0.39 is 33.6 Å². The van der Waals surface area contributed by atoms with Gasteiger partial charge in [-0.15, -0.1) is 12.4 Å². The molecule has 0 spiro atoms. The summed E-state index contributed by atoms with van der Waals surface area (Å²) < 4.78 is 38.2. The number of benzene rings is 3. The maximum absolute atomic E-state index is 13.1. The summed E-state index contributed by atoms with van der Waals surface area (Å²) in [5, 5.41) is 11.2. The van der Waals surface area contributed by atoms with E-state index in [-0.39, 0.29) is 48.8 Å². The first-order chi connectivity index (χ1) is 20.4. The molecule has 1 heterocycles. The fourth-order valence-corrected chi connectivity index (χ4v) is 7.56. The van der Waals surface area contributed by atoms with E-state index in [0.717, 1.165) is 38.2 Å². The van der Waals surface area contributed by atoms with Crippen LogP contribution in [0.1, 0.15) is 55.9 Å². The Kier molecular flexibility index (Phi) is 9.56. The summed E-state index contributed by atoms with van der Waals surface area (Å²) in [5.74, 6) is -0.797. The minimum absolute atomic E-state index is 0. The van der Waals surface area contributed by atoms with E-state index in [1.807, 2.05) is 36.4 Å². The molecule has 0 bridgehead atoms. The molecule has 1 aliphatic carbocycles. The zero-order chi connectivity index (χ0) is 30.9. The first-order valence-corrected chi connectivity index (χ1v) is 15.6. The van der Waals surface area contributed by atoms with Gasteiger partial charge in [-0.05, 0) is 61.1 Å². The Hall–Kier alpha value is -4.15. The number of amides is 2. The fourth-order valence-electron chi connectivity index (χ4n) is 5.67. The summed E-state index contributed by atoms with van der Waals surface area (Å²) in [7, 11) is -3.99. The average Bonchev–Trinajstić information content (AvgIpc) is 3.41. The predicted octanol–water partition coefficient (Wildman–Crippen LogP) is 5.88. The van der Waals surface area contributed by atoms with Crippen LogP contribution in [0.5, 0.6) is 0 Å². The molecule has 3 aromatic rings. The van der Waals surface area contributed by atoms with E-state index in [2.05, 4.69) is 17.4 Å². The molecule has 232 valence electrons. The van der Waals surface area contributed by atoms with Crippen LogP contribution in [0.15, 0.2) is 78.9 Å². The van der Waals surface area contributed by atoms with Gasteiger partial charge in [0.1, 0.15) is 17.6 Å². The Balaban J connectivity index is 0.00000442. The first-order valence-electron chi connectivity index (χ1n) is 14.1. The molecule has 44 heavy (non-hydrogen) atoms. The summed E-state index contributed by atoms with van der Waals surface area (Å²) in [4.78, 5) is 25.4. The number of ether oxygens (including phenoxy) is 2. The zero-order valence-corrected chi connectivity index (χ0v) is 26.6. The number of carbonyl (C=O) groups is 2. The lowest BCUT2D eigenvalue weighted by Crippen LogP contribution is -2.45. The highest BCUT2D eigenvalue weighted by molar-refractivity contribution is 7.99. The van der Waals surface area contributed by atoms with Gasteiger partial charge in [-0.25, -0.2) is 17.5 Å². The van der Waals surface area contributed by atoms with E-state index in [9.17, 15) is 18.0 Å². The molecule has 3 aromatic carbocycles. The van der Waals surface area contributed by atoms with Crippen molar-refractivity contribution in [2.45, 2.75) is 51.6 Å². The van der Waals surface area contributed by atoms with Gasteiger partial charge in [0, 0.05) is 18.4 Å². The topological polar surface area (TPSA) is 126 Å². The number of halogens is 1. The predicted molar refractivity (Wildman–Crippen MR) is 172 cm³/mol. The zero-order valence-electron chi connectivity index (χ0n) is 25.0. The number of carbonyl (C=O) groups excluding carboxylic acids is 2. The van der Waals surface area contributed by atoms with Crippen LogP contribution in [0.2, 0.25) is 0 Å². The van der Waals surface area contributed by atoms with Crippen molar-refractivity contribution in [1.82, 2.24) is 9.62 Å². The van der Waals surface area contributed by atoms with Gasteiger partial charge in [0.15, 0.2) is 0 Å². The third-order valence-electron chi connectivity index (χ3n) is 7.51. The molecule has 0 aromatic heterocycles. The minimum Gasteiger partial charge on any atom is -0.480 e. The number of hydrogen-bond acceptors (Lipinski definition) is 7. The van der Waals surface area contributed by atoms with Crippen molar-refractivity contribution in [3.63, 3.8) is 0 Å². The number of fused-ring (bicyclic) bond motifs is 3. The van der Waals surface area contributed by atoms with E-state index in [1.165, 1.54) is 0 Å². The van der Waals surface area contributed by atoms with Gasteiger partial charge in [-0.2, -0.15) is 0 Å². The second-order valence-electron chi connectivity index (χ2n) is 11.5. The first kappa shape index (κ1) is 32.8. The molecular formula is C33H36ClN3O6S. The molecule has 1 unspecified atom stereocenters. The molecular weight excluding hydrogens is 602 g/mol. The lowest BCUT2D eigenvalue weighted by Gasteiger charge is -2.30. The lowest BCUT2D eigenvalue weighted by molar-refractivity contribution is -0.123. The highest BCUT2D eigenvalue weighted by atomic mass is 35.5. The molecule has 0 radical (unpaired) electrons. The number of alkyl carbamates (subject to hydrolysis) is 1. The smallest absolute Gasteiger partial charge is 0.407 e. The molecule has 11 heteroatoms. The summed E-state index contributed by atoms with van der Waals surface area (Å²) in [6.45, 7) is 7.14. The van der Waals surface area contributed by atoms with Gasteiger partial charge in [0.05, 0.1) is 12.1 Å². The summed E-state index contributed by atoms with van der Waals surface area (Å²) in [5.41, 5.74) is 4.67. The lowest BCUT2D eigenvalue weighted by atomic mass is 9.98. The normalized spacial score (nSPS) is 15.9. The van der Waals surface area contributed by atoms with Gasteiger partial charge in [-0.1, -0.05) is 72.8 Å². The third-order valence-corrected chi connectivity index (χ3v) is 9.63. The Morgan fingerprint density at radius 1 is 0.955 bits per heavy atom. The van der Waals surface area contributed by atoms with Gasteiger partial charge >= 0.3 is 6.09 Å². The van der Waals surface area contributed by atoms with Crippen LogP contribution in [0, 0.1) is 5.41 Å². The second kappa shape index (κ2) is 12.8. The Morgan fingerprint density at radius 3 is 2.05 bits per heavy atom. The van der Waals surface area contributed by atoms with Crippen LogP contribution >= 0.6 is 12.4 Å². The van der Waals surface area contributed by atoms with Crippen molar-refractivity contribution in [2.75, 3.05) is 13.2 Å². The number of nitrogens with one attached hydrogen (secondary N) is 2. The number of rotatable bonds is 8. The van der Waals surface area contributed by atoms with Crippen LogP contribution in [-0.4, -0.2) is 55.4 Å². The molecule has 2 amide bonds. The maximum Gasteiger partial charge on any atom is 0.407 e. The summed E-state index contributed by atoms with van der Waals surface area (Å²) >= 11 is 0. The Bertz CT molecular complexity index is 1670. The van der Waals surface area contributed by atoms with Gasteiger partial charge in [0.25, 0.3) is 15.9 Å². The number of sulfonamides is 1. The Morgan fingerprint density at radius 2 is 1.52 bits per heavy atom. The van der Waals surface area contributed by atoms with Crippen LogP contribution in [0.4, 0.5) is 4.79 Å². The molecule has 0 saturated carbocycles. The number of nitrogens with zero attached hydrogens (tertiary/aromatic N) is 1. The average molecular weight is 638 g/mol. The fraction of sp³-hybridized carbons (Fsp3) is 0.303. The van der Waals surface area contributed by atoms with Crippen molar-refractivity contribution >= 4 is 45.2 Å². The van der Waals surface area contributed by atoms with Crippen molar-refractivity contribution in [3.8, 4) is 11.1 Å². The SMILES string of the molecule is CCOC(=N)C(Cc1ccc(C2=CC(=O)N(C(C)(C)C)S2(=O)=O)cc1)NC(=O)OCC1c2ccccc2-c2ccccc21.Cl. The van der Waals surface area contributed by atoms with Crippen molar-refractivity contribution in [3.05, 3.63) is 101 Å². The Labute approximate surface area is 264 Å². The van der Waals surface area contributed by atoms with Crippen molar-refractivity contribution < 1.29 is 27.5 Å². The highest BCUT2D eigenvalue weighted by Gasteiger charge is 2.44. The molecule has 0 fully saturated rings. The molecule has 1 aliphatic heterocycles. The van der Waals surface area contributed by atoms with Crippen molar-refractivity contribution in [1.29, 1.82) is 5.41 Å². The van der Waals surface area contributed by atoms with E-state index >= 15 is 0 Å². The monoisotopic (exact) mass is 637 g/mol. The second-order valence-corrected chi connectivity index (χ2v) is 13.3. The van der Waals surface area contributed by atoms with Gasteiger partial charge in [0.2, 0.25) is 5.90 Å². The molecule has 0 saturated heterocycles. The van der Waals surface area contributed by atoms with Crippen LogP contribution in [0.3, 0.4) is 0 Å². The van der Waals surface area contributed by atoms with E-state index in [1.54, 1.807) is 52.0 Å². The largest absolute Gasteiger partial charge is 0.480 e. The van der Waals surface area contributed by atoms with E-state index in [4.69, 9.17) is 14.9 Å². The van der Waals surface area contributed by atoms with Crippen LogP contribution < -0.4 is 5.32 Å². The van der Waals surface area contributed by atoms with E-state index in [0.29, 0.717) is 5.56 Å². The minimum atomic E-state index is -3.99. The molecule has 2 N–H and O–H groups in total. The summed E-state index contributed by atoms with van der Waals surface area (Å²) in [6.07, 6.45) is 0.681. The number of hydrogen-bond donors (Lipinski definition) is 2. The standard InChI is InChI=1S/C33H35N3O6S.ClH/c1-5-41-31(34)28(18-21-14-16-22(17-15-21)29-19-30(37)36(33(2,3)4)43(29,39)40)35-32(38)42-20-27-25-12-8-6-10-23(25)24-11-7-9-13-26(24)27;/h6-17,19,27-28,34H,5,18,20H2,1-4H3,(H,35,38);1H. The van der Waals surface area contributed by atoms with Gasteiger partial charge < -0.3 is 14.8 Å². The van der Waals surface area contributed by atoms with Gasteiger partial charge in [-0.3, -0.25) is 10.2 Å². The highest BCUT2D eigenvalue weighted by Crippen LogP contribution is 2.44. The maximum atomic E-state index is 13.1. The third kappa shape index (κ3) is 6.37. The van der Waals surface area contributed by atoms with Crippen LogP contribution in [0.25, 0.3) is 16.0 Å². The molecule has 2 aliphatic rings. The van der Waals surface area contributed by atoms with Crippen LogP contribution in [-0.2, 0) is 30.7 Å². The molecule has 1 atom stereocenters. The van der Waals surface area contributed by atoms with Crippen molar-refractivity contribution in [2.24, 2.45) is 0 Å². The molecule has 5 rings (SSSR count). The summed E-state index contributed by atoms with van der Waals surface area (Å²) in [6, 6.07) is 22.0.